The van der Waals surface area contributed by atoms with Gasteiger partial charge in [0.15, 0.2) is 5.57 Å². The number of carbonyl (C=O) groups excluding carboxylic acids is 1. The SMILES string of the molecule is N#CC(C#N)=C(C#N)Nc1c(Cl)ccc2c1C(=O)OC2. The number of ether oxygens (including phenoxy) is 1. The van der Waals surface area contributed by atoms with Crippen LogP contribution in [0.4, 0.5) is 5.69 Å². The Hall–Kier alpha value is -3.01. The van der Waals surface area contributed by atoms with Crippen LogP contribution in [0.1, 0.15) is 15.9 Å². The number of nitrogens with zero attached hydrogens (tertiary/aromatic N) is 3. The first-order valence-corrected chi connectivity index (χ1v) is 5.70. The highest BCUT2D eigenvalue weighted by Gasteiger charge is 2.27. The molecule has 0 amide bonds. The average Bonchev–Trinajstić information content (AvgIpc) is 2.83. The first kappa shape index (κ1) is 13.4. The van der Waals surface area contributed by atoms with E-state index < -0.39 is 11.5 Å². The first-order valence-electron chi connectivity index (χ1n) is 5.32. The third kappa shape index (κ3) is 2.14. The number of carbonyl (C=O) groups is 1. The first-order chi connectivity index (χ1) is 9.62. The van der Waals surface area contributed by atoms with Crippen LogP contribution in [0.2, 0.25) is 5.02 Å². The van der Waals surface area contributed by atoms with Crippen LogP contribution in [0.25, 0.3) is 0 Å². The van der Waals surface area contributed by atoms with Crippen molar-refractivity contribution in [2.75, 3.05) is 5.32 Å². The van der Waals surface area contributed by atoms with Gasteiger partial charge in [-0.15, -0.1) is 0 Å². The van der Waals surface area contributed by atoms with Gasteiger partial charge in [-0.1, -0.05) is 17.7 Å². The summed E-state index contributed by atoms with van der Waals surface area (Å²) in [5, 5.41) is 29.3. The number of fused-ring (bicyclic) bond motifs is 1. The molecule has 0 unspecified atom stereocenters. The summed E-state index contributed by atoms with van der Waals surface area (Å²) in [6.45, 7) is 0.120. The fourth-order valence-electron chi connectivity index (χ4n) is 1.72. The minimum atomic E-state index is -0.572. The minimum Gasteiger partial charge on any atom is -0.457 e. The Morgan fingerprint density at radius 2 is 1.95 bits per heavy atom. The second kappa shape index (κ2) is 5.32. The van der Waals surface area contributed by atoms with Gasteiger partial charge in [-0.05, 0) is 6.07 Å². The molecule has 0 aliphatic carbocycles. The van der Waals surface area contributed by atoms with Gasteiger partial charge in [0, 0.05) is 5.56 Å². The van der Waals surface area contributed by atoms with Crippen LogP contribution in [0.5, 0.6) is 0 Å². The van der Waals surface area contributed by atoms with E-state index in [1.807, 2.05) is 0 Å². The lowest BCUT2D eigenvalue weighted by atomic mass is 10.1. The Kier molecular flexibility index (Phi) is 3.57. The summed E-state index contributed by atoms with van der Waals surface area (Å²) in [5.74, 6) is -0.572. The lowest BCUT2D eigenvalue weighted by molar-refractivity contribution is 0.0536. The van der Waals surface area contributed by atoms with Gasteiger partial charge in [0.1, 0.15) is 30.5 Å². The number of benzene rings is 1. The van der Waals surface area contributed by atoms with Gasteiger partial charge in [0.05, 0.1) is 16.3 Å². The average molecular weight is 285 g/mol. The molecule has 2 rings (SSSR count). The molecule has 1 aromatic carbocycles. The molecule has 7 heteroatoms. The van der Waals surface area contributed by atoms with E-state index in [0.29, 0.717) is 5.56 Å². The molecule has 6 nitrogen and oxygen atoms in total. The summed E-state index contributed by atoms with van der Waals surface area (Å²) >= 11 is 6.00. The van der Waals surface area contributed by atoms with E-state index in [1.54, 1.807) is 24.3 Å². The third-order valence-corrected chi connectivity index (χ3v) is 2.95. The van der Waals surface area contributed by atoms with Crippen LogP contribution in [0.3, 0.4) is 0 Å². The molecular formula is C13H5ClN4O2. The topological polar surface area (TPSA) is 110 Å². The maximum absolute atomic E-state index is 11.7. The maximum Gasteiger partial charge on any atom is 0.341 e. The Morgan fingerprint density at radius 1 is 1.25 bits per heavy atom. The van der Waals surface area contributed by atoms with Gasteiger partial charge in [-0.25, -0.2) is 4.79 Å². The number of nitriles is 3. The second-order valence-electron chi connectivity index (χ2n) is 3.74. The quantitative estimate of drug-likeness (QED) is 0.659. The van der Waals surface area contributed by atoms with Crippen molar-refractivity contribution in [1.29, 1.82) is 15.8 Å². The van der Waals surface area contributed by atoms with Crippen molar-refractivity contribution >= 4 is 23.3 Å². The zero-order chi connectivity index (χ0) is 14.7. The second-order valence-corrected chi connectivity index (χ2v) is 4.15. The monoisotopic (exact) mass is 284 g/mol. The third-order valence-electron chi connectivity index (χ3n) is 2.64. The Labute approximate surface area is 119 Å². The zero-order valence-electron chi connectivity index (χ0n) is 9.90. The van der Waals surface area contributed by atoms with Gasteiger partial charge in [-0.3, -0.25) is 0 Å². The molecule has 0 spiro atoms. The zero-order valence-corrected chi connectivity index (χ0v) is 10.7. The van der Waals surface area contributed by atoms with Crippen LogP contribution in [-0.2, 0) is 11.3 Å². The number of rotatable bonds is 2. The molecular weight excluding hydrogens is 280 g/mol. The fourth-order valence-corrected chi connectivity index (χ4v) is 1.92. The molecule has 0 atom stereocenters. The van der Waals surface area contributed by atoms with Crippen LogP contribution < -0.4 is 5.32 Å². The number of nitrogens with one attached hydrogen (secondary N) is 1. The number of esters is 1. The van der Waals surface area contributed by atoms with Crippen molar-refractivity contribution in [3.05, 3.63) is 39.6 Å². The van der Waals surface area contributed by atoms with E-state index >= 15 is 0 Å². The van der Waals surface area contributed by atoms with Crippen molar-refractivity contribution in [3.63, 3.8) is 0 Å². The standard InChI is InChI=1S/C13H5ClN4O2/c14-9-2-1-7-6-20-13(19)11(7)12(9)18-10(5-17)8(3-15)4-16/h1-2,18H,6H2. The van der Waals surface area contributed by atoms with Crippen molar-refractivity contribution < 1.29 is 9.53 Å². The molecule has 20 heavy (non-hydrogen) atoms. The fraction of sp³-hybridized carbons (Fsp3) is 0.0769. The van der Waals surface area contributed by atoms with Crippen molar-refractivity contribution in [1.82, 2.24) is 0 Å². The molecule has 96 valence electrons. The summed E-state index contributed by atoms with van der Waals surface area (Å²) in [6, 6.07) is 8.07. The van der Waals surface area contributed by atoms with Gasteiger partial charge in [0.2, 0.25) is 0 Å². The summed E-state index contributed by atoms with van der Waals surface area (Å²) < 4.78 is 4.88. The predicted octanol–water partition coefficient (Wildman–Crippen LogP) is 2.25. The van der Waals surface area contributed by atoms with Crippen molar-refractivity contribution in [3.8, 4) is 18.2 Å². The van der Waals surface area contributed by atoms with E-state index in [-0.39, 0.29) is 28.6 Å². The largest absolute Gasteiger partial charge is 0.457 e. The lowest BCUT2D eigenvalue weighted by Crippen LogP contribution is -2.07. The number of hydrogen-bond acceptors (Lipinski definition) is 6. The van der Waals surface area contributed by atoms with Crippen LogP contribution in [0.15, 0.2) is 23.4 Å². The van der Waals surface area contributed by atoms with Crippen LogP contribution in [0, 0.1) is 34.0 Å². The molecule has 1 aliphatic rings. The van der Waals surface area contributed by atoms with E-state index in [0.717, 1.165) is 0 Å². The van der Waals surface area contributed by atoms with E-state index in [4.69, 9.17) is 32.1 Å². The molecule has 0 bridgehead atoms. The molecule has 1 aromatic rings. The number of hydrogen-bond donors (Lipinski definition) is 1. The highest BCUT2D eigenvalue weighted by atomic mass is 35.5. The molecule has 0 fully saturated rings. The predicted molar refractivity (Wildman–Crippen MR) is 68.1 cm³/mol. The number of halogens is 1. The van der Waals surface area contributed by atoms with E-state index in [2.05, 4.69) is 5.32 Å². The van der Waals surface area contributed by atoms with Gasteiger partial charge >= 0.3 is 5.97 Å². The van der Waals surface area contributed by atoms with Crippen molar-refractivity contribution in [2.45, 2.75) is 6.61 Å². The number of anilines is 1. The molecule has 0 saturated carbocycles. The number of cyclic esters (lactones) is 1. The van der Waals surface area contributed by atoms with Crippen molar-refractivity contribution in [2.24, 2.45) is 0 Å². The smallest absolute Gasteiger partial charge is 0.341 e. The summed E-state index contributed by atoms with van der Waals surface area (Å²) in [7, 11) is 0. The summed E-state index contributed by atoms with van der Waals surface area (Å²) in [6.07, 6.45) is 0. The molecule has 1 aliphatic heterocycles. The summed E-state index contributed by atoms with van der Waals surface area (Å²) in [5.41, 5.74) is 0.318. The maximum atomic E-state index is 11.7. The van der Waals surface area contributed by atoms with E-state index in [1.165, 1.54) is 6.07 Å². The molecule has 0 aromatic heterocycles. The van der Waals surface area contributed by atoms with Crippen LogP contribution >= 0.6 is 11.6 Å². The minimum absolute atomic E-state index is 0.120. The molecule has 0 radical (unpaired) electrons. The van der Waals surface area contributed by atoms with E-state index in [9.17, 15) is 4.79 Å². The Morgan fingerprint density at radius 3 is 2.55 bits per heavy atom. The highest BCUT2D eigenvalue weighted by molar-refractivity contribution is 6.34. The Balaban J connectivity index is 2.57. The highest BCUT2D eigenvalue weighted by Crippen LogP contribution is 2.34. The van der Waals surface area contributed by atoms with Gasteiger partial charge in [-0.2, -0.15) is 15.8 Å². The summed E-state index contributed by atoms with van der Waals surface area (Å²) in [4.78, 5) is 11.7. The Bertz CT molecular complexity index is 746. The molecule has 1 N–H and O–H groups in total. The lowest BCUT2D eigenvalue weighted by Gasteiger charge is -2.10. The normalized spacial score (nSPS) is 11.4. The van der Waals surface area contributed by atoms with Gasteiger partial charge in [0.25, 0.3) is 0 Å². The molecule has 0 saturated heterocycles. The van der Waals surface area contributed by atoms with Crippen LogP contribution in [-0.4, -0.2) is 5.97 Å². The number of allylic oxidation sites excluding steroid dienone is 2. The van der Waals surface area contributed by atoms with Gasteiger partial charge < -0.3 is 10.1 Å². The molecule has 1 heterocycles.